The van der Waals surface area contributed by atoms with E-state index < -0.39 is 6.36 Å². The number of rotatable bonds is 6. The summed E-state index contributed by atoms with van der Waals surface area (Å²) in [7, 11) is 1.75. The van der Waals surface area contributed by atoms with Gasteiger partial charge in [0.1, 0.15) is 5.75 Å². The number of alkyl halides is 3. The van der Waals surface area contributed by atoms with Gasteiger partial charge in [-0.25, -0.2) is 4.52 Å². The molecule has 6 nitrogen and oxygen atoms in total. The van der Waals surface area contributed by atoms with E-state index in [1.54, 1.807) is 46.9 Å². The fourth-order valence-electron chi connectivity index (χ4n) is 5.13. The van der Waals surface area contributed by atoms with E-state index in [0.717, 1.165) is 48.6 Å². The number of pyridine rings is 1. The summed E-state index contributed by atoms with van der Waals surface area (Å²) in [6.07, 6.45) is -0.545. The van der Waals surface area contributed by atoms with Crippen molar-refractivity contribution < 1.29 is 22.7 Å². The fraction of sp³-hybridized carbons (Fsp3) is 0.310. The van der Waals surface area contributed by atoms with Crippen LogP contribution in [-0.4, -0.2) is 42.0 Å². The standard InChI is InChI=1S/C29H28ClF3N4O2/c1-3-25-27(26-18-21(30)14-17-37(26)34-25)28(38)35(2)22-6-8-23(9-7-22)36-15-12-20(13-16-36)19-4-10-24(11-5-19)39-29(31,32)33/h4-11,14,17-18,20H,3,12-13,15-16H2,1-2H3. The van der Waals surface area contributed by atoms with Crippen LogP contribution < -0.4 is 14.5 Å². The van der Waals surface area contributed by atoms with Crippen LogP contribution in [0.2, 0.25) is 5.02 Å². The van der Waals surface area contributed by atoms with E-state index >= 15 is 0 Å². The van der Waals surface area contributed by atoms with Crippen molar-refractivity contribution in [2.75, 3.05) is 29.9 Å². The van der Waals surface area contributed by atoms with Crippen LogP contribution in [0.25, 0.3) is 5.52 Å². The van der Waals surface area contributed by atoms with E-state index in [0.29, 0.717) is 22.5 Å². The van der Waals surface area contributed by atoms with Crippen molar-refractivity contribution in [3.8, 4) is 5.75 Å². The third kappa shape index (κ3) is 5.83. The van der Waals surface area contributed by atoms with Gasteiger partial charge in [0.05, 0.1) is 16.8 Å². The van der Waals surface area contributed by atoms with Crippen molar-refractivity contribution in [3.05, 3.63) is 88.7 Å². The maximum absolute atomic E-state index is 13.5. The molecule has 0 atom stereocenters. The number of aromatic nitrogens is 2. The van der Waals surface area contributed by atoms with Gasteiger partial charge in [-0.1, -0.05) is 30.7 Å². The van der Waals surface area contributed by atoms with Crippen molar-refractivity contribution in [2.24, 2.45) is 0 Å². The van der Waals surface area contributed by atoms with Gasteiger partial charge in [0.25, 0.3) is 5.91 Å². The van der Waals surface area contributed by atoms with E-state index in [4.69, 9.17) is 11.6 Å². The minimum atomic E-state index is -4.69. The second-order valence-corrected chi connectivity index (χ2v) is 10.0. The molecule has 4 aromatic rings. The number of piperidine rings is 1. The molecule has 5 rings (SSSR count). The number of carbonyl (C=O) groups excluding carboxylic acids is 1. The Morgan fingerprint density at radius 1 is 1.08 bits per heavy atom. The minimum Gasteiger partial charge on any atom is -0.406 e. The van der Waals surface area contributed by atoms with Crippen LogP contribution in [0.15, 0.2) is 66.9 Å². The topological polar surface area (TPSA) is 50.1 Å². The third-order valence-corrected chi connectivity index (χ3v) is 7.44. The van der Waals surface area contributed by atoms with Crippen LogP contribution in [0.4, 0.5) is 24.5 Å². The monoisotopic (exact) mass is 556 g/mol. The Labute approximate surface area is 229 Å². The van der Waals surface area contributed by atoms with Gasteiger partial charge in [0.15, 0.2) is 0 Å². The molecular weight excluding hydrogens is 529 g/mol. The zero-order valence-corrected chi connectivity index (χ0v) is 22.3. The lowest BCUT2D eigenvalue weighted by molar-refractivity contribution is -0.274. The van der Waals surface area contributed by atoms with Crippen LogP contribution in [0.5, 0.6) is 5.75 Å². The zero-order valence-electron chi connectivity index (χ0n) is 21.6. The molecule has 2 aromatic heterocycles. The first-order valence-electron chi connectivity index (χ1n) is 12.8. The number of fused-ring (bicyclic) bond motifs is 1. The first-order chi connectivity index (χ1) is 18.6. The van der Waals surface area contributed by atoms with E-state index in [2.05, 4.69) is 14.7 Å². The molecule has 1 aliphatic heterocycles. The van der Waals surface area contributed by atoms with Crippen LogP contribution >= 0.6 is 11.6 Å². The largest absolute Gasteiger partial charge is 0.573 e. The quantitative estimate of drug-likeness (QED) is 0.254. The SMILES string of the molecule is CCc1nn2ccc(Cl)cc2c1C(=O)N(C)c1ccc(N2CCC(c3ccc(OC(F)(F)F)cc3)CC2)cc1. The number of ether oxygens (including phenoxy) is 1. The number of aryl methyl sites for hydroxylation is 1. The lowest BCUT2D eigenvalue weighted by Crippen LogP contribution is -2.33. The Balaban J connectivity index is 1.24. The highest BCUT2D eigenvalue weighted by atomic mass is 35.5. The highest BCUT2D eigenvalue weighted by Gasteiger charge is 2.31. The predicted octanol–water partition coefficient (Wildman–Crippen LogP) is 7.11. The zero-order chi connectivity index (χ0) is 27.7. The molecule has 0 radical (unpaired) electrons. The smallest absolute Gasteiger partial charge is 0.406 e. The van der Waals surface area contributed by atoms with Gasteiger partial charge < -0.3 is 14.5 Å². The Morgan fingerprint density at radius 2 is 1.74 bits per heavy atom. The number of amides is 1. The summed E-state index contributed by atoms with van der Waals surface area (Å²) in [5.74, 6) is -0.0795. The molecule has 0 saturated carbocycles. The van der Waals surface area contributed by atoms with Crippen LogP contribution in [0.1, 0.15) is 47.3 Å². The fourth-order valence-corrected chi connectivity index (χ4v) is 5.29. The van der Waals surface area contributed by atoms with E-state index in [-0.39, 0.29) is 17.6 Å². The Bertz CT molecular complexity index is 1460. The molecule has 1 saturated heterocycles. The van der Waals surface area contributed by atoms with Crippen molar-refractivity contribution in [3.63, 3.8) is 0 Å². The average Bonchev–Trinajstić information content (AvgIpc) is 3.30. The number of hydrogen-bond donors (Lipinski definition) is 0. The number of nitrogens with zero attached hydrogens (tertiary/aromatic N) is 4. The Hall–Kier alpha value is -3.72. The Morgan fingerprint density at radius 3 is 2.36 bits per heavy atom. The number of anilines is 2. The number of carbonyl (C=O) groups is 1. The normalized spacial score (nSPS) is 14.6. The van der Waals surface area contributed by atoms with Crippen LogP contribution in [0.3, 0.4) is 0 Å². The number of halogens is 4. The van der Waals surface area contributed by atoms with Gasteiger partial charge in [0, 0.05) is 42.7 Å². The molecule has 1 aliphatic rings. The maximum atomic E-state index is 13.5. The third-order valence-electron chi connectivity index (χ3n) is 7.21. The maximum Gasteiger partial charge on any atom is 0.573 e. The summed E-state index contributed by atoms with van der Waals surface area (Å²) >= 11 is 6.19. The first-order valence-corrected chi connectivity index (χ1v) is 13.2. The minimum absolute atomic E-state index is 0.149. The summed E-state index contributed by atoms with van der Waals surface area (Å²) in [5.41, 5.74) is 4.79. The van der Waals surface area contributed by atoms with Gasteiger partial charge in [-0.15, -0.1) is 13.2 Å². The molecule has 10 heteroatoms. The molecule has 39 heavy (non-hydrogen) atoms. The van der Waals surface area contributed by atoms with Gasteiger partial charge in [-0.2, -0.15) is 5.10 Å². The molecule has 0 spiro atoms. The summed E-state index contributed by atoms with van der Waals surface area (Å²) in [5, 5.41) is 5.09. The molecule has 0 N–H and O–H groups in total. The molecule has 0 unspecified atom stereocenters. The number of hydrogen-bond acceptors (Lipinski definition) is 4. The molecule has 3 heterocycles. The van der Waals surface area contributed by atoms with E-state index in [1.807, 2.05) is 31.2 Å². The molecule has 0 bridgehead atoms. The van der Waals surface area contributed by atoms with Gasteiger partial charge in [-0.05, 0) is 79.3 Å². The summed E-state index contributed by atoms with van der Waals surface area (Å²) in [6, 6.07) is 17.6. The van der Waals surface area contributed by atoms with Crippen molar-refractivity contribution in [1.29, 1.82) is 0 Å². The summed E-state index contributed by atoms with van der Waals surface area (Å²) < 4.78 is 42.9. The van der Waals surface area contributed by atoms with E-state index in [9.17, 15) is 18.0 Å². The molecule has 2 aromatic carbocycles. The van der Waals surface area contributed by atoms with Gasteiger partial charge in [-0.3, -0.25) is 4.79 Å². The van der Waals surface area contributed by atoms with Gasteiger partial charge >= 0.3 is 6.36 Å². The van der Waals surface area contributed by atoms with Crippen molar-refractivity contribution >= 4 is 34.4 Å². The average molecular weight is 557 g/mol. The lowest BCUT2D eigenvalue weighted by atomic mass is 9.89. The van der Waals surface area contributed by atoms with E-state index in [1.165, 1.54) is 12.1 Å². The predicted molar refractivity (Wildman–Crippen MR) is 146 cm³/mol. The van der Waals surface area contributed by atoms with Gasteiger partial charge in [0.2, 0.25) is 0 Å². The van der Waals surface area contributed by atoms with Crippen molar-refractivity contribution in [2.45, 2.75) is 38.5 Å². The number of benzene rings is 2. The summed E-state index contributed by atoms with van der Waals surface area (Å²) in [6.45, 7) is 3.61. The second kappa shape index (κ2) is 10.8. The highest BCUT2D eigenvalue weighted by Crippen LogP contribution is 2.33. The first kappa shape index (κ1) is 26.9. The Kier molecular flexibility index (Phi) is 7.44. The molecule has 204 valence electrons. The molecular formula is C29H28ClF3N4O2. The lowest BCUT2D eigenvalue weighted by Gasteiger charge is -2.34. The molecule has 1 amide bonds. The van der Waals surface area contributed by atoms with Crippen molar-refractivity contribution in [1.82, 2.24) is 9.61 Å². The summed E-state index contributed by atoms with van der Waals surface area (Å²) in [4.78, 5) is 17.4. The highest BCUT2D eigenvalue weighted by molar-refractivity contribution is 6.31. The van der Waals surface area contributed by atoms with Crippen LogP contribution in [-0.2, 0) is 6.42 Å². The second-order valence-electron chi connectivity index (χ2n) is 9.61. The molecule has 1 fully saturated rings. The van der Waals surface area contributed by atoms with Crippen LogP contribution in [0, 0.1) is 0 Å². The molecule has 0 aliphatic carbocycles.